The van der Waals surface area contributed by atoms with Gasteiger partial charge in [0, 0.05) is 16.6 Å². The van der Waals surface area contributed by atoms with Crippen molar-refractivity contribution in [1.82, 2.24) is 0 Å². The molecule has 126 valence electrons. The van der Waals surface area contributed by atoms with E-state index in [0.29, 0.717) is 5.69 Å². The molecule has 2 aromatic carbocycles. The number of hydrogen-bond donors (Lipinski definition) is 1. The maximum absolute atomic E-state index is 12.3. The summed E-state index contributed by atoms with van der Waals surface area (Å²) >= 11 is 9.43. The van der Waals surface area contributed by atoms with Crippen LogP contribution in [0.1, 0.15) is 35.7 Å². The van der Waals surface area contributed by atoms with Crippen LogP contribution in [0.3, 0.4) is 0 Å². The van der Waals surface area contributed by atoms with Gasteiger partial charge in [0.1, 0.15) is 0 Å². The second-order valence-electron chi connectivity index (χ2n) is 5.29. The molecular formula is C17H16BrClN2O3. The molecule has 0 radical (unpaired) electrons. The molecule has 0 heterocycles. The molecule has 0 aliphatic carbocycles. The molecule has 0 unspecified atom stereocenters. The topological polar surface area (TPSA) is 72.2 Å². The molecule has 1 amide bonds. The number of benzene rings is 2. The summed E-state index contributed by atoms with van der Waals surface area (Å²) in [5.41, 5.74) is 1.84. The number of aryl methyl sites for hydroxylation is 1. The number of rotatable bonds is 6. The van der Waals surface area contributed by atoms with Crippen molar-refractivity contribution in [1.29, 1.82) is 0 Å². The quantitative estimate of drug-likeness (QED) is 0.496. The number of halogens is 2. The van der Waals surface area contributed by atoms with Gasteiger partial charge < -0.3 is 5.32 Å². The average Bonchev–Trinajstić information content (AvgIpc) is 2.54. The third-order valence-electron chi connectivity index (χ3n) is 3.51. The van der Waals surface area contributed by atoms with Crippen molar-refractivity contribution < 1.29 is 9.72 Å². The summed E-state index contributed by atoms with van der Waals surface area (Å²) in [7, 11) is 0. The number of nitro groups is 1. The lowest BCUT2D eigenvalue weighted by molar-refractivity contribution is -0.384. The third kappa shape index (κ3) is 4.55. The molecule has 0 saturated carbocycles. The van der Waals surface area contributed by atoms with Crippen molar-refractivity contribution in [3.63, 3.8) is 0 Å². The fourth-order valence-corrected chi connectivity index (χ4v) is 2.97. The minimum Gasteiger partial charge on any atom is -0.321 e. The van der Waals surface area contributed by atoms with Crippen molar-refractivity contribution in [2.45, 2.75) is 26.2 Å². The van der Waals surface area contributed by atoms with E-state index >= 15 is 0 Å². The van der Waals surface area contributed by atoms with Crippen molar-refractivity contribution in [2.75, 3.05) is 5.32 Å². The number of carbonyl (C=O) groups is 1. The Labute approximate surface area is 153 Å². The van der Waals surface area contributed by atoms with Gasteiger partial charge in [-0.05, 0) is 52.5 Å². The zero-order valence-corrected chi connectivity index (χ0v) is 15.4. The van der Waals surface area contributed by atoms with Gasteiger partial charge in [-0.3, -0.25) is 14.9 Å². The summed E-state index contributed by atoms with van der Waals surface area (Å²) in [5.74, 6) is -0.420. The van der Waals surface area contributed by atoms with Gasteiger partial charge in [0.05, 0.1) is 21.2 Å². The molecule has 0 fully saturated rings. The van der Waals surface area contributed by atoms with E-state index < -0.39 is 10.8 Å². The van der Waals surface area contributed by atoms with E-state index in [-0.39, 0.29) is 16.3 Å². The van der Waals surface area contributed by atoms with Gasteiger partial charge in [-0.25, -0.2) is 0 Å². The lowest BCUT2D eigenvalue weighted by Gasteiger charge is -2.10. The molecule has 0 bridgehead atoms. The second-order valence-corrected chi connectivity index (χ2v) is 6.55. The highest BCUT2D eigenvalue weighted by atomic mass is 79.9. The smallest absolute Gasteiger partial charge is 0.270 e. The first-order chi connectivity index (χ1) is 11.4. The summed E-state index contributed by atoms with van der Waals surface area (Å²) in [6.45, 7) is 2.14. The Bertz CT molecular complexity index is 780. The van der Waals surface area contributed by atoms with Crippen LogP contribution in [0.15, 0.2) is 40.9 Å². The van der Waals surface area contributed by atoms with Gasteiger partial charge in [0.25, 0.3) is 11.6 Å². The summed E-state index contributed by atoms with van der Waals surface area (Å²) in [4.78, 5) is 22.5. The molecule has 1 N–H and O–H groups in total. The first-order valence-corrected chi connectivity index (χ1v) is 8.63. The normalized spacial score (nSPS) is 10.5. The van der Waals surface area contributed by atoms with Gasteiger partial charge in [0.15, 0.2) is 0 Å². The molecule has 0 aliphatic rings. The molecule has 0 saturated heterocycles. The van der Waals surface area contributed by atoms with E-state index in [9.17, 15) is 14.9 Å². The first-order valence-electron chi connectivity index (χ1n) is 7.46. The molecule has 0 aliphatic heterocycles. The first kappa shape index (κ1) is 18.4. The van der Waals surface area contributed by atoms with Gasteiger partial charge >= 0.3 is 0 Å². The monoisotopic (exact) mass is 410 g/mol. The maximum Gasteiger partial charge on any atom is 0.270 e. The van der Waals surface area contributed by atoms with Crippen LogP contribution in [-0.2, 0) is 6.42 Å². The van der Waals surface area contributed by atoms with Crippen molar-refractivity contribution >= 4 is 44.8 Å². The summed E-state index contributed by atoms with van der Waals surface area (Å²) in [5, 5.41) is 13.5. The zero-order chi connectivity index (χ0) is 17.7. The highest BCUT2D eigenvalue weighted by molar-refractivity contribution is 9.10. The Morgan fingerprint density at radius 1 is 1.29 bits per heavy atom. The fourth-order valence-electron chi connectivity index (χ4n) is 2.19. The van der Waals surface area contributed by atoms with Crippen LogP contribution in [0.4, 0.5) is 11.4 Å². The van der Waals surface area contributed by atoms with Crippen molar-refractivity contribution in [3.05, 3.63) is 67.1 Å². The molecule has 7 heteroatoms. The number of carbonyl (C=O) groups excluding carboxylic acids is 1. The minimum atomic E-state index is -0.556. The predicted molar refractivity (Wildman–Crippen MR) is 98.8 cm³/mol. The molecule has 0 atom stereocenters. The average molecular weight is 412 g/mol. The highest BCUT2D eigenvalue weighted by Crippen LogP contribution is 2.27. The molecule has 2 rings (SSSR count). The van der Waals surface area contributed by atoms with Crippen LogP contribution in [-0.4, -0.2) is 10.8 Å². The minimum absolute atomic E-state index is 0.0392. The number of nitrogens with zero attached hydrogens (tertiary/aromatic N) is 1. The number of hydrogen-bond acceptors (Lipinski definition) is 3. The Balaban J connectivity index is 2.16. The Hall–Kier alpha value is -1.92. The van der Waals surface area contributed by atoms with E-state index in [0.717, 1.165) is 23.7 Å². The van der Waals surface area contributed by atoms with E-state index in [1.807, 2.05) is 18.2 Å². The highest BCUT2D eigenvalue weighted by Gasteiger charge is 2.16. The van der Waals surface area contributed by atoms with Crippen LogP contribution in [0.5, 0.6) is 0 Å². The number of unbranched alkanes of at least 4 members (excludes halogenated alkanes) is 1. The van der Waals surface area contributed by atoms with Crippen LogP contribution >= 0.6 is 27.5 Å². The second kappa shape index (κ2) is 8.26. The van der Waals surface area contributed by atoms with E-state index in [4.69, 9.17) is 11.6 Å². The van der Waals surface area contributed by atoms with E-state index in [2.05, 4.69) is 28.2 Å². The number of nitrogens with one attached hydrogen (secondary N) is 1. The zero-order valence-electron chi connectivity index (χ0n) is 13.0. The van der Waals surface area contributed by atoms with E-state index in [1.54, 1.807) is 0 Å². The number of amides is 1. The standard InChI is InChI=1S/C17H16BrClN2O3/c1-2-3-4-11-5-8-16(14(18)9-11)20-17(22)13-7-6-12(21(23)24)10-15(13)19/h5-10H,2-4H2,1H3,(H,20,22). The SMILES string of the molecule is CCCCc1ccc(NC(=O)c2ccc([N+](=O)[O-])cc2Cl)c(Br)c1. The molecule has 0 aromatic heterocycles. The van der Waals surface area contributed by atoms with Crippen LogP contribution in [0.25, 0.3) is 0 Å². The lowest BCUT2D eigenvalue weighted by Crippen LogP contribution is -2.13. The molecular weight excluding hydrogens is 396 g/mol. The van der Waals surface area contributed by atoms with Gasteiger partial charge in [-0.2, -0.15) is 0 Å². The predicted octanol–water partition coefficient (Wildman–Crippen LogP) is 5.61. The number of non-ortho nitro benzene ring substituents is 1. The number of nitro benzene ring substituents is 1. The Morgan fingerprint density at radius 3 is 2.62 bits per heavy atom. The summed E-state index contributed by atoms with van der Waals surface area (Å²) in [6, 6.07) is 9.53. The van der Waals surface area contributed by atoms with Crippen molar-refractivity contribution in [2.24, 2.45) is 0 Å². The Kier molecular flexibility index (Phi) is 6.34. The van der Waals surface area contributed by atoms with Crippen LogP contribution in [0, 0.1) is 10.1 Å². The van der Waals surface area contributed by atoms with Gasteiger partial charge in [-0.1, -0.05) is 31.0 Å². The largest absolute Gasteiger partial charge is 0.321 e. The third-order valence-corrected chi connectivity index (χ3v) is 4.48. The molecule has 0 spiro atoms. The number of anilines is 1. The fraction of sp³-hybridized carbons (Fsp3) is 0.235. The Morgan fingerprint density at radius 2 is 2.04 bits per heavy atom. The van der Waals surface area contributed by atoms with E-state index in [1.165, 1.54) is 23.8 Å². The molecule has 5 nitrogen and oxygen atoms in total. The molecule has 24 heavy (non-hydrogen) atoms. The summed E-state index contributed by atoms with van der Waals surface area (Å²) < 4.78 is 0.780. The van der Waals surface area contributed by atoms with Gasteiger partial charge in [-0.15, -0.1) is 0 Å². The molecule has 2 aromatic rings. The summed E-state index contributed by atoms with van der Waals surface area (Å²) in [6.07, 6.45) is 3.21. The lowest BCUT2D eigenvalue weighted by atomic mass is 10.1. The van der Waals surface area contributed by atoms with Gasteiger partial charge in [0.2, 0.25) is 0 Å². The van der Waals surface area contributed by atoms with Crippen molar-refractivity contribution in [3.8, 4) is 0 Å². The van der Waals surface area contributed by atoms with Crippen LogP contribution < -0.4 is 5.32 Å². The maximum atomic E-state index is 12.3. The van der Waals surface area contributed by atoms with Crippen LogP contribution in [0.2, 0.25) is 5.02 Å².